The van der Waals surface area contributed by atoms with Crippen LogP contribution in [0.5, 0.6) is 0 Å². The van der Waals surface area contributed by atoms with Gasteiger partial charge in [0.05, 0.1) is 16.5 Å². The van der Waals surface area contributed by atoms with Gasteiger partial charge in [0.25, 0.3) is 0 Å². The summed E-state index contributed by atoms with van der Waals surface area (Å²) < 4.78 is 18.0. The highest BCUT2D eigenvalue weighted by molar-refractivity contribution is 7.85. The summed E-state index contributed by atoms with van der Waals surface area (Å²) in [7, 11) is -0.995. The first-order chi connectivity index (χ1) is 14.3. The van der Waals surface area contributed by atoms with Crippen molar-refractivity contribution < 1.29 is 8.95 Å². The number of anilines is 2. The van der Waals surface area contributed by atoms with E-state index >= 15 is 0 Å². The van der Waals surface area contributed by atoms with Gasteiger partial charge in [0.1, 0.15) is 10.7 Å². The third-order valence-electron chi connectivity index (χ3n) is 6.29. The molecule has 1 aromatic carbocycles. The quantitative estimate of drug-likeness (QED) is 0.832. The molecule has 154 valence electrons. The number of nitrogens with zero attached hydrogens (tertiary/aromatic N) is 3. The fourth-order valence-corrected chi connectivity index (χ4v) is 5.91. The standard InChI is InChI=1S/C22H28N4O2S/c27-29-15-10-19-20(29)21(23-18-8-13-28-14-9-18)25-22(24-19)26-11-6-17(7-12-26)16-4-2-1-3-5-16/h1-5,17-18H,6-15H2,(H,23,24,25). The van der Waals surface area contributed by atoms with E-state index in [1.807, 2.05) is 0 Å². The lowest BCUT2D eigenvalue weighted by molar-refractivity contribution is 0.0903. The molecule has 4 heterocycles. The van der Waals surface area contributed by atoms with Gasteiger partial charge in [-0.2, -0.15) is 4.98 Å². The minimum Gasteiger partial charge on any atom is -0.381 e. The van der Waals surface area contributed by atoms with Gasteiger partial charge in [-0.1, -0.05) is 30.3 Å². The lowest BCUT2D eigenvalue weighted by Crippen LogP contribution is -2.35. The summed E-state index contributed by atoms with van der Waals surface area (Å²) in [6, 6.07) is 11.1. The van der Waals surface area contributed by atoms with Crippen molar-refractivity contribution in [3.63, 3.8) is 0 Å². The molecule has 0 amide bonds. The molecule has 0 bridgehead atoms. The topological polar surface area (TPSA) is 67.4 Å². The molecule has 7 heteroatoms. The Labute approximate surface area is 174 Å². The van der Waals surface area contributed by atoms with Gasteiger partial charge in [-0.15, -0.1) is 0 Å². The van der Waals surface area contributed by atoms with Crippen LogP contribution in [-0.2, 0) is 22.0 Å². The molecule has 0 spiro atoms. The highest BCUT2D eigenvalue weighted by Crippen LogP contribution is 2.33. The molecule has 2 aromatic rings. The molecular weight excluding hydrogens is 384 g/mol. The van der Waals surface area contributed by atoms with E-state index in [1.165, 1.54) is 5.56 Å². The van der Waals surface area contributed by atoms with Crippen LogP contribution in [0.25, 0.3) is 0 Å². The molecule has 1 atom stereocenters. The van der Waals surface area contributed by atoms with E-state index in [2.05, 4.69) is 40.5 Å². The fourth-order valence-electron chi connectivity index (χ4n) is 4.60. The fraction of sp³-hybridized carbons (Fsp3) is 0.545. The van der Waals surface area contributed by atoms with Crippen molar-refractivity contribution in [3.8, 4) is 0 Å². The summed E-state index contributed by atoms with van der Waals surface area (Å²) >= 11 is 0. The van der Waals surface area contributed by atoms with Gasteiger partial charge in [0.2, 0.25) is 5.95 Å². The summed E-state index contributed by atoms with van der Waals surface area (Å²) in [5.74, 6) is 2.85. The number of ether oxygens (including phenoxy) is 1. The maximum absolute atomic E-state index is 12.6. The zero-order chi connectivity index (χ0) is 19.6. The van der Waals surface area contributed by atoms with E-state index in [0.717, 1.165) is 80.8 Å². The van der Waals surface area contributed by atoms with Crippen LogP contribution in [0.4, 0.5) is 11.8 Å². The zero-order valence-electron chi connectivity index (χ0n) is 16.7. The van der Waals surface area contributed by atoms with Crippen molar-refractivity contribution in [2.45, 2.75) is 49.0 Å². The normalized spacial score (nSPS) is 23.2. The molecule has 1 unspecified atom stereocenters. The van der Waals surface area contributed by atoms with E-state index in [1.54, 1.807) is 0 Å². The first-order valence-corrected chi connectivity index (χ1v) is 12.0. The largest absolute Gasteiger partial charge is 0.381 e. The Kier molecular flexibility index (Phi) is 5.50. The molecule has 6 nitrogen and oxygen atoms in total. The summed E-state index contributed by atoms with van der Waals surface area (Å²) in [4.78, 5) is 12.9. The maximum Gasteiger partial charge on any atom is 0.227 e. The summed E-state index contributed by atoms with van der Waals surface area (Å²) in [5, 5.41) is 3.57. The van der Waals surface area contributed by atoms with Gasteiger partial charge in [0.15, 0.2) is 0 Å². The average Bonchev–Trinajstić information content (AvgIpc) is 3.16. The predicted octanol–water partition coefficient (Wildman–Crippen LogP) is 3.12. The number of fused-ring (bicyclic) bond motifs is 1. The van der Waals surface area contributed by atoms with Gasteiger partial charge >= 0.3 is 0 Å². The number of nitrogens with one attached hydrogen (secondary N) is 1. The number of rotatable bonds is 4. The lowest BCUT2D eigenvalue weighted by Gasteiger charge is -2.33. The highest BCUT2D eigenvalue weighted by Gasteiger charge is 2.30. The molecule has 2 saturated heterocycles. The Morgan fingerprint density at radius 1 is 1.03 bits per heavy atom. The van der Waals surface area contributed by atoms with Crippen molar-refractivity contribution in [2.24, 2.45) is 0 Å². The third kappa shape index (κ3) is 4.03. The van der Waals surface area contributed by atoms with E-state index in [9.17, 15) is 4.21 Å². The monoisotopic (exact) mass is 412 g/mol. The molecule has 29 heavy (non-hydrogen) atoms. The van der Waals surface area contributed by atoms with Crippen LogP contribution >= 0.6 is 0 Å². The van der Waals surface area contributed by atoms with E-state index in [4.69, 9.17) is 14.7 Å². The van der Waals surface area contributed by atoms with E-state index < -0.39 is 10.8 Å². The minimum absolute atomic E-state index is 0.331. The van der Waals surface area contributed by atoms with Crippen molar-refractivity contribution in [1.29, 1.82) is 0 Å². The van der Waals surface area contributed by atoms with Crippen LogP contribution in [0.2, 0.25) is 0 Å². The average molecular weight is 413 g/mol. The Morgan fingerprint density at radius 3 is 2.55 bits per heavy atom. The Morgan fingerprint density at radius 2 is 1.79 bits per heavy atom. The van der Waals surface area contributed by atoms with E-state index in [-0.39, 0.29) is 0 Å². The van der Waals surface area contributed by atoms with Crippen LogP contribution in [0.15, 0.2) is 35.2 Å². The second-order valence-electron chi connectivity index (χ2n) is 8.15. The predicted molar refractivity (Wildman–Crippen MR) is 115 cm³/mol. The van der Waals surface area contributed by atoms with Crippen molar-refractivity contribution >= 4 is 22.6 Å². The van der Waals surface area contributed by atoms with Crippen molar-refractivity contribution in [3.05, 3.63) is 41.6 Å². The SMILES string of the molecule is O=S1CCc2nc(N3CCC(c4ccccc4)CC3)nc(NC3CCOCC3)c21. The van der Waals surface area contributed by atoms with Crippen LogP contribution in [-0.4, -0.2) is 52.3 Å². The van der Waals surface area contributed by atoms with Gasteiger partial charge < -0.3 is 15.0 Å². The van der Waals surface area contributed by atoms with Crippen LogP contribution in [0, 0.1) is 0 Å². The smallest absolute Gasteiger partial charge is 0.227 e. The molecule has 2 fully saturated rings. The first kappa shape index (κ1) is 19.0. The number of hydrogen-bond acceptors (Lipinski definition) is 6. The molecule has 3 aliphatic heterocycles. The molecule has 5 rings (SSSR count). The maximum atomic E-state index is 12.6. The minimum atomic E-state index is -0.995. The third-order valence-corrected chi connectivity index (χ3v) is 7.75. The van der Waals surface area contributed by atoms with Crippen LogP contribution in [0.1, 0.15) is 42.9 Å². The lowest BCUT2D eigenvalue weighted by atomic mass is 9.90. The number of hydrogen-bond donors (Lipinski definition) is 1. The molecule has 1 N–H and O–H groups in total. The second-order valence-corrected chi connectivity index (χ2v) is 9.66. The number of aryl methyl sites for hydroxylation is 1. The molecule has 0 saturated carbocycles. The first-order valence-electron chi connectivity index (χ1n) is 10.7. The number of benzene rings is 1. The molecule has 1 aromatic heterocycles. The summed E-state index contributed by atoms with van der Waals surface area (Å²) in [5.41, 5.74) is 2.40. The molecule has 0 aliphatic carbocycles. The number of aromatic nitrogens is 2. The Bertz CT molecular complexity index is 878. The summed E-state index contributed by atoms with van der Waals surface area (Å²) in [6.07, 6.45) is 4.92. The van der Waals surface area contributed by atoms with Gasteiger partial charge in [-0.25, -0.2) is 4.98 Å². The van der Waals surface area contributed by atoms with E-state index in [0.29, 0.717) is 17.7 Å². The van der Waals surface area contributed by atoms with Crippen molar-refractivity contribution in [2.75, 3.05) is 42.3 Å². The van der Waals surface area contributed by atoms with Gasteiger partial charge in [0, 0.05) is 44.5 Å². The zero-order valence-corrected chi connectivity index (χ0v) is 17.5. The van der Waals surface area contributed by atoms with Gasteiger partial charge in [-0.05, 0) is 37.2 Å². The second kappa shape index (κ2) is 8.40. The van der Waals surface area contributed by atoms with Crippen LogP contribution < -0.4 is 10.2 Å². The highest BCUT2D eigenvalue weighted by atomic mass is 32.2. The van der Waals surface area contributed by atoms with Crippen molar-refractivity contribution in [1.82, 2.24) is 9.97 Å². The number of piperidine rings is 1. The van der Waals surface area contributed by atoms with Crippen LogP contribution in [0.3, 0.4) is 0 Å². The molecule has 3 aliphatic rings. The Balaban J connectivity index is 1.35. The van der Waals surface area contributed by atoms with Gasteiger partial charge in [-0.3, -0.25) is 4.21 Å². The molecule has 0 radical (unpaired) electrons. The molecular formula is C22H28N4O2S. The Hall–Kier alpha value is -1.99. The summed E-state index contributed by atoms with van der Waals surface area (Å²) in [6.45, 7) is 3.46.